The first-order chi connectivity index (χ1) is 8.65. The first-order valence-corrected chi connectivity index (χ1v) is 7.67. The van der Waals surface area contributed by atoms with Gasteiger partial charge in [0, 0.05) is 16.5 Å². The van der Waals surface area contributed by atoms with Crippen LogP contribution in [0.2, 0.25) is 5.02 Å². The molecule has 0 atom stereocenters. The van der Waals surface area contributed by atoms with E-state index in [1.807, 2.05) is 24.3 Å². The summed E-state index contributed by atoms with van der Waals surface area (Å²) in [5, 5.41) is 3.70. The zero-order valence-electron chi connectivity index (χ0n) is 10.9. The van der Waals surface area contributed by atoms with Gasteiger partial charge in [0.25, 0.3) is 0 Å². The summed E-state index contributed by atoms with van der Waals surface area (Å²) in [6.45, 7) is 5.10. The molecule has 1 aromatic rings. The lowest BCUT2D eigenvalue weighted by Gasteiger charge is -2.13. The van der Waals surface area contributed by atoms with Crippen LogP contribution in [0.25, 0.3) is 0 Å². The molecule has 0 saturated heterocycles. The van der Waals surface area contributed by atoms with Gasteiger partial charge < -0.3 is 5.32 Å². The third-order valence-electron chi connectivity index (χ3n) is 2.93. The molecule has 0 aromatic heterocycles. The molecule has 0 aliphatic rings. The molecule has 1 aromatic carbocycles. The van der Waals surface area contributed by atoms with Crippen LogP contribution in [-0.4, -0.2) is 18.2 Å². The fourth-order valence-electron chi connectivity index (χ4n) is 1.57. The molecule has 0 radical (unpaired) electrons. The van der Waals surface area contributed by atoms with Crippen molar-refractivity contribution in [2.75, 3.05) is 12.3 Å². The number of carbonyl (C=O) groups is 1. The van der Waals surface area contributed by atoms with Gasteiger partial charge in [0.15, 0.2) is 0 Å². The Balaban J connectivity index is 2.26. The molecule has 4 heteroatoms. The highest BCUT2D eigenvalue weighted by atomic mass is 35.5. The zero-order chi connectivity index (χ0) is 13.4. The molecule has 0 heterocycles. The topological polar surface area (TPSA) is 29.1 Å². The standard InChI is InChI=1S/C14H20ClNOS/c1-3-11(4-2)9-16-14(17)10-18-13-7-5-12(15)6-8-13/h5-8,11H,3-4,9-10H2,1-2H3,(H,16,17). The number of hydrogen-bond donors (Lipinski definition) is 1. The van der Waals surface area contributed by atoms with Gasteiger partial charge in [-0.1, -0.05) is 38.3 Å². The van der Waals surface area contributed by atoms with Gasteiger partial charge in [0.05, 0.1) is 5.75 Å². The van der Waals surface area contributed by atoms with Crippen molar-refractivity contribution in [1.29, 1.82) is 0 Å². The quantitative estimate of drug-likeness (QED) is 0.768. The largest absolute Gasteiger partial charge is 0.355 e. The van der Waals surface area contributed by atoms with E-state index >= 15 is 0 Å². The number of nitrogens with one attached hydrogen (secondary N) is 1. The number of hydrogen-bond acceptors (Lipinski definition) is 2. The number of halogens is 1. The third kappa shape index (κ3) is 5.78. The van der Waals surface area contributed by atoms with Gasteiger partial charge in [-0.15, -0.1) is 11.8 Å². The van der Waals surface area contributed by atoms with E-state index in [0.717, 1.165) is 29.3 Å². The van der Waals surface area contributed by atoms with Gasteiger partial charge in [0.1, 0.15) is 0 Å². The number of benzene rings is 1. The molecule has 0 saturated carbocycles. The first kappa shape index (κ1) is 15.4. The molecule has 1 rings (SSSR count). The van der Waals surface area contributed by atoms with Gasteiger partial charge in [-0.05, 0) is 30.2 Å². The van der Waals surface area contributed by atoms with E-state index in [0.29, 0.717) is 11.7 Å². The van der Waals surface area contributed by atoms with Crippen molar-refractivity contribution in [3.05, 3.63) is 29.3 Å². The van der Waals surface area contributed by atoms with Crippen molar-refractivity contribution in [1.82, 2.24) is 5.32 Å². The van der Waals surface area contributed by atoms with Crippen LogP contribution in [0.1, 0.15) is 26.7 Å². The van der Waals surface area contributed by atoms with Gasteiger partial charge in [-0.3, -0.25) is 4.79 Å². The van der Waals surface area contributed by atoms with Crippen molar-refractivity contribution in [2.45, 2.75) is 31.6 Å². The fourth-order valence-corrected chi connectivity index (χ4v) is 2.42. The molecule has 1 N–H and O–H groups in total. The second-order valence-electron chi connectivity index (χ2n) is 4.23. The molecule has 18 heavy (non-hydrogen) atoms. The van der Waals surface area contributed by atoms with E-state index in [1.54, 1.807) is 0 Å². The van der Waals surface area contributed by atoms with Crippen LogP contribution in [-0.2, 0) is 4.79 Å². The second kappa shape index (κ2) is 8.44. The summed E-state index contributed by atoms with van der Waals surface area (Å²) in [6.07, 6.45) is 2.22. The monoisotopic (exact) mass is 285 g/mol. The molecule has 0 aliphatic heterocycles. The molecule has 0 aliphatic carbocycles. The molecule has 2 nitrogen and oxygen atoms in total. The molecule has 0 fully saturated rings. The predicted octanol–water partition coefficient (Wildman–Crippen LogP) is 3.98. The minimum absolute atomic E-state index is 0.0989. The van der Waals surface area contributed by atoms with E-state index in [1.165, 1.54) is 11.8 Å². The fraction of sp³-hybridized carbons (Fsp3) is 0.500. The van der Waals surface area contributed by atoms with Gasteiger partial charge in [-0.25, -0.2) is 0 Å². The average Bonchev–Trinajstić information content (AvgIpc) is 2.39. The van der Waals surface area contributed by atoms with Crippen LogP contribution in [0, 0.1) is 5.92 Å². The van der Waals surface area contributed by atoms with E-state index in [9.17, 15) is 4.79 Å². The molecular formula is C14H20ClNOS. The van der Waals surface area contributed by atoms with Crippen molar-refractivity contribution in [3.63, 3.8) is 0 Å². The summed E-state index contributed by atoms with van der Waals surface area (Å²) in [5.74, 6) is 1.15. The second-order valence-corrected chi connectivity index (χ2v) is 5.71. The SMILES string of the molecule is CCC(CC)CNC(=O)CSc1ccc(Cl)cc1. The summed E-state index contributed by atoms with van der Waals surface area (Å²) in [6, 6.07) is 7.54. The van der Waals surface area contributed by atoms with Crippen LogP contribution >= 0.6 is 23.4 Å². The van der Waals surface area contributed by atoms with Gasteiger partial charge >= 0.3 is 0 Å². The van der Waals surface area contributed by atoms with Crippen molar-refractivity contribution < 1.29 is 4.79 Å². The maximum atomic E-state index is 11.7. The normalized spacial score (nSPS) is 10.7. The Morgan fingerprint density at radius 3 is 2.44 bits per heavy atom. The van der Waals surface area contributed by atoms with Crippen LogP contribution in [0.3, 0.4) is 0 Å². The van der Waals surface area contributed by atoms with Crippen LogP contribution in [0.5, 0.6) is 0 Å². The summed E-state index contributed by atoms with van der Waals surface area (Å²) in [5.41, 5.74) is 0. The third-order valence-corrected chi connectivity index (χ3v) is 4.19. The van der Waals surface area contributed by atoms with Crippen LogP contribution < -0.4 is 5.32 Å². The average molecular weight is 286 g/mol. The molecular weight excluding hydrogens is 266 g/mol. The van der Waals surface area contributed by atoms with Crippen molar-refractivity contribution in [2.24, 2.45) is 5.92 Å². The molecule has 0 spiro atoms. The van der Waals surface area contributed by atoms with Gasteiger partial charge in [0.2, 0.25) is 5.91 Å². The summed E-state index contributed by atoms with van der Waals surface area (Å²) in [7, 11) is 0. The Morgan fingerprint density at radius 1 is 1.28 bits per heavy atom. The molecule has 0 unspecified atom stereocenters. The zero-order valence-corrected chi connectivity index (χ0v) is 12.5. The van der Waals surface area contributed by atoms with Gasteiger partial charge in [-0.2, -0.15) is 0 Å². The smallest absolute Gasteiger partial charge is 0.230 e. The molecule has 1 amide bonds. The maximum absolute atomic E-state index is 11.7. The van der Waals surface area contributed by atoms with E-state index in [4.69, 9.17) is 11.6 Å². The molecule has 0 bridgehead atoms. The lowest BCUT2D eigenvalue weighted by molar-refractivity contribution is -0.118. The minimum Gasteiger partial charge on any atom is -0.355 e. The summed E-state index contributed by atoms with van der Waals surface area (Å²) < 4.78 is 0. The Bertz CT molecular complexity index is 363. The minimum atomic E-state index is 0.0989. The number of rotatable bonds is 7. The van der Waals surface area contributed by atoms with E-state index in [-0.39, 0.29) is 5.91 Å². The number of thioether (sulfide) groups is 1. The Labute approximate surface area is 118 Å². The summed E-state index contributed by atoms with van der Waals surface area (Å²) in [4.78, 5) is 12.7. The Morgan fingerprint density at radius 2 is 1.89 bits per heavy atom. The lowest BCUT2D eigenvalue weighted by Crippen LogP contribution is -2.30. The highest BCUT2D eigenvalue weighted by Gasteiger charge is 2.07. The summed E-state index contributed by atoms with van der Waals surface area (Å²) >= 11 is 7.34. The first-order valence-electron chi connectivity index (χ1n) is 6.30. The van der Waals surface area contributed by atoms with Crippen molar-refractivity contribution in [3.8, 4) is 0 Å². The lowest BCUT2D eigenvalue weighted by atomic mass is 10.0. The number of amides is 1. The number of carbonyl (C=O) groups excluding carboxylic acids is 1. The highest BCUT2D eigenvalue weighted by Crippen LogP contribution is 2.19. The van der Waals surface area contributed by atoms with E-state index in [2.05, 4.69) is 19.2 Å². The Kier molecular flexibility index (Phi) is 7.21. The molecule has 100 valence electrons. The predicted molar refractivity (Wildman–Crippen MR) is 79.3 cm³/mol. The maximum Gasteiger partial charge on any atom is 0.230 e. The van der Waals surface area contributed by atoms with E-state index < -0.39 is 0 Å². The van der Waals surface area contributed by atoms with Crippen LogP contribution in [0.4, 0.5) is 0 Å². The Hall–Kier alpha value is -0.670. The highest BCUT2D eigenvalue weighted by molar-refractivity contribution is 8.00. The van der Waals surface area contributed by atoms with Crippen LogP contribution in [0.15, 0.2) is 29.2 Å². The van der Waals surface area contributed by atoms with Crippen molar-refractivity contribution >= 4 is 29.3 Å².